The third kappa shape index (κ3) is 1.72. The molecule has 88 valence electrons. The first-order valence-electron chi connectivity index (χ1n) is 5.75. The molecule has 0 aromatic carbocycles. The van der Waals surface area contributed by atoms with Gasteiger partial charge >= 0.3 is 0 Å². The van der Waals surface area contributed by atoms with Crippen LogP contribution < -0.4 is 0 Å². The summed E-state index contributed by atoms with van der Waals surface area (Å²) in [6.45, 7) is 1.52. The highest BCUT2D eigenvalue weighted by Crippen LogP contribution is 2.31. The van der Waals surface area contributed by atoms with Crippen molar-refractivity contribution in [1.82, 2.24) is 15.0 Å². The molecule has 1 N–H and O–H groups in total. The Balaban J connectivity index is 2.13. The van der Waals surface area contributed by atoms with Gasteiger partial charge in [-0.05, 0) is 12.8 Å². The number of aldehydes is 1. The number of carbonyl (C=O) groups is 1. The summed E-state index contributed by atoms with van der Waals surface area (Å²) in [7, 11) is 0. The Labute approximate surface area is 98.2 Å². The van der Waals surface area contributed by atoms with Crippen LogP contribution in [0.25, 0.3) is 11.0 Å². The molecular formula is C12H13N3O2. The van der Waals surface area contributed by atoms with Gasteiger partial charge in [0.1, 0.15) is 12.0 Å². The highest BCUT2D eigenvalue weighted by Gasteiger charge is 2.21. The maximum atomic E-state index is 11.0. The normalized spacial score (nSPS) is 17.4. The zero-order valence-corrected chi connectivity index (χ0v) is 9.35. The van der Waals surface area contributed by atoms with E-state index in [9.17, 15) is 4.79 Å². The number of ether oxygens (including phenoxy) is 1. The highest BCUT2D eigenvalue weighted by molar-refractivity contribution is 5.97. The van der Waals surface area contributed by atoms with Crippen molar-refractivity contribution in [2.75, 3.05) is 13.2 Å². The van der Waals surface area contributed by atoms with Gasteiger partial charge in [0.25, 0.3) is 0 Å². The summed E-state index contributed by atoms with van der Waals surface area (Å²) in [5, 5.41) is 0.870. The second-order valence-corrected chi connectivity index (χ2v) is 4.23. The van der Waals surface area contributed by atoms with Crippen molar-refractivity contribution in [3.8, 4) is 0 Å². The summed E-state index contributed by atoms with van der Waals surface area (Å²) in [6.07, 6.45) is 6.00. The molecule has 0 amide bonds. The van der Waals surface area contributed by atoms with Crippen LogP contribution in [-0.2, 0) is 4.74 Å². The van der Waals surface area contributed by atoms with E-state index in [1.807, 2.05) is 0 Å². The van der Waals surface area contributed by atoms with Crippen LogP contribution in [0.15, 0.2) is 12.5 Å². The maximum Gasteiger partial charge on any atom is 0.152 e. The van der Waals surface area contributed by atoms with Gasteiger partial charge in [-0.25, -0.2) is 9.97 Å². The lowest BCUT2D eigenvalue weighted by Crippen LogP contribution is -2.15. The lowest BCUT2D eigenvalue weighted by Gasteiger charge is -2.21. The Bertz CT molecular complexity index is 544. The van der Waals surface area contributed by atoms with E-state index in [0.717, 1.165) is 49.1 Å². The van der Waals surface area contributed by atoms with Crippen molar-refractivity contribution in [2.45, 2.75) is 18.8 Å². The van der Waals surface area contributed by atoms with E-state index in [1.54, 1.807) is 12.5 Å². The van der Waals surface area contributed by atoms with E-state index in [2.05, 4.69) is 15.0 Å². The largest absolute Gasteiger partial charge is 0.381 e. The number of carbonyl (C=O) groups excluding carboxylic acids is 1. The molecule has 2 aromatic heterocycles. The topological polar surface area (TPSA) is 67.9 Å². The number of nitrogens with zero attached hydrogens (tertiary/aromatic N) is 2. The van der Waals surface area contributed by atoms with E-state index < -0.39 is 0 Å². The number of rotatable bonds is 2. The minimum atomic E-state index is 0.365. The number of aromatic amines is 1. The standard InChI is InChI=1S/C12H13N3O2/c16-6-9-5-13-12-10(9)11(14-7-15-12)8-1-3-17-4-2-8/h5-8H,1-4H2,(H,13,14,15). The molecule has 0 atom stereocenters. The molecule has 3 heterocycles. The third-order valence-electron chi connectivity index (χ3n) is 3.26. The Morgan fingerprint density at radius 2 is 2.18 bits per heavy atom. The van der Waals surface area contributed by atoms with Crippen LogP contribution in [0.5, 0.6) is 0 Å². The van der Waals surface area contributed by atoms with Crippen molar-refractivity contribution in [3.63, 3.8) is 0 Å². The molecule has 0 spiro atoms. The number of fused-ring (bicyclic) bond motifs is 1. The van der Waals surface area contributed by atoms with E-state index in [-0.39, 0.29) is 0 Å². The third-order valence-corrected chi connectivity index (χ3v) is 3.26. The Morgan fingerprint density at radius 1 is 1.35 bits per heavy atom. The molecule has 0 saturated carbocycles. The van der Waals surface area contributed by atoms with Gasteiger partial charge in [0.2, 0.25) is 0 Å². The summed E-state index contributed by atoms with van der Waals surface area (Å²) in [5.41, 5.74) is 2.35. The van der Waals surface area contributed by atoms with Crippen molar-refractivity contribution in [3.05, 3.63) is 23.8 Å². The summed E-state index contributed by atoms with van der Waals surface area (Å²) in [5.74, 6) is 0.365. The fourth-order valence-electron chi connectivity index (χ4n) is 2.39. The maximum absolute atomic E-state index is 11.0. The number of hydrogen-bond donors (Lipinski definition) is 1. The van der Waals surface area contributed by atoms with Gasteiger partial charge in [0, 0.05) is 30.9 Å². The molecule has 2 aromatic rings. The zero-order chi connectivity index (χ0) is 11.7. The predicted molar refractivity (Wildman–Crippen MR) is 62.1 cm³/mol. The molecule has 1 fully saturated rings. The molecule has 0 bridgehead atoms. The predicted octanol–water partition coefficient (Wildman–Crippen LogP) is 1.66. The van der Waals surface area contributed by atoms with Gasteiger partial charge in [-0.3, -0.25) is 4.79 Å². The van der Waals surface area contributed by atoms with Crippen molar-refractivity contribution >= 4 is 17.3 Å². The minimum absolute atomic E-state index is 0.365. The molecule has 1 saturated heterocycles. The second kappa shape index (κ2) is 4.25. The van der Waals surface area contributed by atoms with Crippen LogP contribution in [0.3, 0.4) is 0 Å². The second-order valence-electron chi connectivity index (χ2n) is 4.23. The first kappa shape index (κ1) is 10.4. The molecule has 3 rings (SSSR count). The summed E-state index contributed by atoms with van der Waals surface area (Å²) >= 11 is 0. The molecule has 1 aliphatic heterocycles. The number of hydrogen-bond acceptors (Lipinski definition) is 4. The van der Waals surface area contributed by atoms with E-state index in [4.69, 9.17) is 4.74 Å². The first-order valence-corrected chi connectivity index (χ1v) is 5.75. The van der Waals surface area contributed by atoms with E-state index in [0.29, 0.717) is 11.5 Å². The number of H-pyrrole nitrogens is 1. The molecule has 1 aliphatic rings. The quantitative estimate of drug-likeness (QED) is 0.798. The van der Waals surface area contributed by atoms with Gasteiger partial charge in [0.05, 0.1) is 11.1 Å². The monoisotopic (exact) mass is 231 g/mol. The Morgan fingerprint density at radius 3 is 2.94 bits per heavy atom. The molecule has 0 unspecified atom stereocenters. The van der Waals surface area contributed by atoms with Crippen LogP contribution >= 0.6 is 0 Å². The van der Waals surface area contributed by atoms with Crippen LogP contribution in [0.4, 0.5) is 0 Å². The average Bonchev–Trinajstić information content (AvgIpc) is 2.82. The van der Waals surface area contributed by atoms with Crippen LogP contribution in [0.2, 0.25) is 0 Å². The van der Waals surface area contributed by atoms with Gasteiger partial charge in [-0.1, -0.05) is 0 Å². The zero-order valence-electron chi connectivity index (χ0n) is 9.35. The van der Waals surface area contributed by atoms with Crippen molar-refractivity contribution in [2.24, 2.45) is 0 Å². The Hall–Kier alpha value is -1.75. The summed E-state index contributed by atoms with van der Waals surface area (Å²) in [6, 6.07) is 0. The molecule has 5 heteroatoms. The van der Waals surface area contributed by atoms with Crippen molar-refractivity contribution in [1.29, 1.82) is 0 Å². The van der Waals surface area contributed by atoms with Gasteiger partial charge < -0.3 is 9.72 Å². The van der Waals surface area contributed by atoms with Gasteiger partial charge in [0.15, 0.2) is 6.29 Å². The van der Waals surface area contributed by atoms with Crippen LogP contribution in [-0.4, -0.2) is 34.5 Å². The molecular weight excluding hydrogens is 218 g/mol. The van der Waals surface area contributed by atoms with Crippen molar-refractivity contribution < 1.29 is 9.53 Å². The lowest BCUT2D eigenvalue weighted by molar-refractivity contribution is 0.0848. The van der Waals surface area contributed by atoms with Gasteiger partial charge in [-0.15, -0.1) is 0 Å². The van der Waals surface area contributed by atoms with Crippen LogP contribution in [0, 0.1) is 0 Å². The summed E-state index contributed by atoms with van der Waals surface area (Å²) in [4.78, 5) is 22.5. The summed E-state index contributed by atoms with van der Waals surface area (Å²) < 4.78 is 5.35. The first-order chi connectivity index (χ1) is 8.40. The fraction of sp³-hybridized carbons (Fsp3) is 0.417. The van der Waals surface area contributed by atoms with Crippen LogP contribution in [0.1, 0.15) is 34.8 Å². The average molecular weight is 231 g/mol. The molecule has 0 aliphatic carbocycles. The Kier molecular flexibility index (Phi) is 2.60. The minimum Gasteiger partial charge on any atom is -0.381 e. The SMILES string of the molecule is O=Cc1c[nH]c2ncnc(C3CCOCC3)c12. The smallest absolute Gasteiger partial charge is 0.152 e. The number of aromatic nitrogens is 3. The molecule has 0 radical (unpaired) electrons. The van der Waals surface area contributed by atoms with Gasteiger partial charge in [-0.2, -0.15) is 0 Å². The van der Waals surface area contributed by atoms with E-state index >= 15 is 0 Å². The molecule has 5 nitrogen and oxygen atoms in total. The lowest BCUT2D eigenvalue weighted by atomic mass is 9.93. The molecule has 17 heavy (non-hydrogen) atoms. The number of nitrogens with one attached hydrogen (secondary N) is 1. The highest BCUT2D eigenvalue weighted by atomic mass is 16.5. The van der Waals surface area contributed by atoms with E-state index in [1.165, 1.54) is 0 Å². The fourth-order valence-corrected chi connectivity index (χ4v) is 2.39.